The highest BCUT2D eigenvalue weighted by molar-refractivity contribution is 5.66. The number of nitrogens with zero attached hydrogens (tertiary/aromatic N) is 5. The maximum Gasteiger partial charge on any atom is 0.407 e. The minimum atomic E-state index is -0.774. The number of carboxylic acid groups (broad SMARTS) is 1. The molecule has 1 aromatic carbocycles. The molecule has 9 heteroatoms. The van der Waals surface area contributed by atoms with E-state index in [0.717, 1.165) is 62.8 Å². The standard InChI is InChI=1S/C21H27N5O4/c27-21(28)26-15-1-2-16(26)12-20(11-15)30-19-9-7-18(8-10-19)29-17-5-3-14(4-6-17)25-13-22-23-24-25/h3-6,13,15-16,18-20H,1-2,7-12H2,(H,27,28). The quantitative estimate of drug-likeness (QED) is 0.804. The topological polar surface area (TPSA) is 103 Å². The van der Waals surface area contributed by atoms with Gasteiger partial charge < -0.3 is 19.5 Å². The Labute approximate surface area is 175 Å². The molecule has 5 rings (SSSR count). The van der Waals surface area contributed by atoms with Crippen LogP contribution in [0, 0.1) is 0 Å². The molecule has 2 aromatic rings. The molecule has 3 aliphatic rings. The number of tetrazole rings is 1. The summed E-state index contributed by atoms with van der Waals surface area (Å²) in [7, 11) is 0. The number of fused-ring (bicyclic) bond motifs is 2. The molecule has 2 atom stereocenters. The van der Waals surface area contributed by atoms with Crippen molar-refractivity contribution in [2.45, 2.75) is 81.8 Å². The Morgan fingerprint density at radius 3 is 2.20 bits per heavy atom. The molecule has 0 radical (unpaired) electrons. The summed E-state index contributed by atoms with van der Waals surface area (Å²) in [5.74, 6) is 0.855. The minimum Gasteiger partial charge on any atom is -0.490 e. The monoisotopic (exact) mass is 413 g/mol. The van der Waals surface area contributed by atoms with Crippen molar-refractivity contribution in [3.8, 4) is 11.4 Å². The normalized spacial score (nSPS) is 30.9. The Balaban J connectivity index is 1.08. The van der Waals surface area contributed by atoms with Crippen LogP contribution in [0.1, 0.15) is 51.4 Å². The summed E-state index contributed by atoms with van der Waals surface area (Å²) in [5.41, 5.74) is 0.896. The summed E-state index contributed by atoms with van der Waals surface area (Å²) in [6.07, 6.45) is 9.00. The largest absolute Gasteiger partial charge is 0.490 e. The van der Waals surface area contributed by atoms with Gasteiger partial charge in [-0.25, -0.2) is 9.48 Å². The fourth-order valence-corrected chi connectivity index (χ4v) is 5.26. The number of amides is 1. The second-order valence-electron chi connectivity index (χ2n) is 8.57. The summed E-state index contributed by atoms with van der Waals surface area (Å²) in [5, 5.41) is 20.6. The molecule has 2 aliphatic heterocycles. The lowest BCUT2D eigenvalue weighted by atomic mass is 9.93. The number of hydrogen-bond acceptors (Lipinski definition) is 6. The van der Waals surface area contributed by atoms with Crippen molar-refractivity contribution in [1.29, 1.82) is 0 Å². The van der Waals surface area contributed by atoms with Crippen LogP contribution >= 0.6 is 0 Å². The molecule has 3 heterocycles. The molecule has 2 bridgehead atoms. The lowest BCUT2D eigenvalue weighted by Gasteiger charge is -2.39. The van der Waals surface area contributed by atoms with E-state index in [9.17, 15) is 9.90 Å². The number of carbonyl (C=O) groups is 1. The van der Waals surface area contributed by atoms with Gasteiger partial charge in [0.1, 0.15) is 12.1 Å². The third kappa shape index (κ3) is 3.98. The van der Waals surface area contributed by atoms with E-state index >= 15 is 0 Å². The maximum absolute atomic E-state index is 11.4. The first-order valence-corrected chi connectivity index (χ1v) is 10.8. The van der Waals surface area contributed by atoms with E-state index in [-0.39, 0.29) is 30.4 Å². The lowest BCUT2D eigenvalue weighted by molar-refractivity contribution is -0.0763. The van der Waals surface area contributed by atoms with Gasteiger partial charge in [-0.05, 0) is 86.1 Å². The average Bonchev–Trinajstić information content (AvgIpc) is 3.37. The second-order valence-corrected chi connectivity index (χ2v) is 8.57. The molecule has 1 amide bonds. The van der Waals surface area contributed by atoms with Crippen LogP contribution in [0.2, 0.25) is 0 Å². The van der Waals surface area contributed by atoms with E-state index in [1.807, 2.05) is 24.3 Å². The van der Waals surface area contributed by atoms with Crippen molar-refractivity contribution < 1.29 is 19.4 Å². The van der Waals surface area contributed by atoms with Crippen molar-refractivity contribution in [2.75, 3.05) is 0 Å². The van der Waals surface area contributed by atoms with Crippen LogP contribution in [-0.2, 0) is 4.74 Å². The van der Waals surface area contributed by atoms with E-state index in [1.54, 1.807) is 15.9 Å². The first-order valence-electron chi connectivity index (χ1n) is 10.8. The molecule has 0 spiro atoms. The van der Waals surface area contributed by atoms with Crippen LogP contribution in [0.5, 0.6) is 5.75 Å². The highest BCUT2D eigenvalue weighted by atomic mass is 16.5. The van der Waals surface area contributed by atoms with Crippen LogP contribution in [-0.4, -0.2) is 66.7 Å². The molecule has 9 nitrogen and oxygen atoms in total. The van der Waals surface area contributed by atoms with Crippen LogP contribution in [0.25, 0.3) is 5.69 Å². The van der Waals surface area contributed by atoms with E-state index in [2.05, 4.69) is 15.5 Å². The molecule has 3 fully saturated rings. The highest BCUT2D eigenvalue weighted by Gasteiger charge is 2.44. The summed E-state index contributed by atoms with van der Waals surface area (Å²) in [6, 6.07) is 8.07. The molecular formula is C21H27N5O4. The zero-order chi connectivity index (χ0) is 20.5. The summed E-state index contributed by atoms with van der Waals surface area (Å²) < 4.78 is 14.2. The van der Waals surface area contributed by atoms with E-state index < -0.39 is 6.09 Å². The highest BCUT2D eigenvalue weighted by Crippen LogP contribution is 2.38. The van der Waals surface area contributed by atoms with Crippen molar-refractivity contribution in [3.05, 3.63) is 30.6 Å². The van der Waals surface area contributed by atoms with Gasteiger partial charge in [-0.1, -0.05) is 0 Å². The van der Waals surface area contributed by atoms with Crippen molar-refractivity contribution in [1.82, 2.24) is 25.1 Å². The molecule has 1 N–H and O–H groups in total. The van der Waals surface area contributed by atoms with Gasteiger partial charge in [0.25, 0.3) is 0 Å². The van der Waals surface area contributed by atoms with Crippen molar-refractivity contribution >= 4 is 6.09 Å². The van der Waals surface area contributed by atoms with E-state index in [1.165, 1.54) is 0 Å². The molecule has 160 valence electrons. The number of ether oxygens (including phenoxy) is 2. The minimum absolute atomic E-state index is 0.141. The van der Waals surface area contributed by atoms with Gasteiger partial charge in [0.2, 0.25) is 0 Å². The molecular weight excluding hydrogens is 386 g/mol. The van der Waals surface area contributed by atoms with Gasteiger partial charge in [-0.15, -0.1) is 5.10 Å². The van der Waals surface area contributed by atoms with E-state index in [0.29, 0.717) is 0 Å². The van der Waals surface area contributed by atoms with Crippen molar-refractivity contribution in [2.24, 2.45) is 0 Å². The third-order valence-electron chi connectivity index (χ3n) is 6.67. The Morgan fingerprint density at radius 1 is 0.933 bits per heavy atom. The number of aromatic nitrogens is 4. The SMILES string of the molecule is O=C(O)N1C2CCC1CC(OC1CCC(Oc3ccc(-n4cnnn4)cc3)CC1)C2. The van der Waals surface area contributed by atoms with E-state index in [4.69, 9.17) is 9.47 Å². The van der Waals surface area contributed by atoms with Crippen LogP contribution in [0.4, 0.5) is 4.79 Å². The van der Waals surface area contributed by atoms with Gasteiger partial charge in [-0.3, -0.25) is 0 Å². The third-order valence-corrected chi connectivity index (χ3v) is 6.67. The summed E-state index contributed by atoms with van der Waals surface area (Å²) in [6.45, 7) is 0. The fraction of sp³-hybridized carbons (Fsp3) is 0.619. The van der Waals surface area contributed by atoms with Gasteiger partial charge in [0.05, 0.1) is 24.0 Å². The number of hydrogen-bond donors (Lipinski definition) is 1. The molecule has 30 heavy (non-hydrogen) atoms. The number of benzene rings is 1. The molecule has 2 unspecified atom stereocenters. The van der Waals surface area contributed by atoms with Crippen LogP contribution in [0.15, 0.2) is 30.6 Å². The fourth-order valence-electron chi connectivity index (χ4n) is 5.26. The second kappa shape index (κ2) is 8.22. The Hall–Kier alpha value is -2.68. The van der Waals surface area contributed by atoms with Gasteiger partial charge in [0, 0.05) is 12.1 Å². The Kier molecular flexibility index (Phi) is 5.28. The molecule has 1 aromatic heterocycles. The molecule has 2 saturated heterocycles. The smallest absolute Gasteiger partial charge is 0.407 e. The summed E-state index contributed by atoms with van der Waals surface area (Å²) >= 11 is 0. The first kappa shape index (κ1) is 19.3. The van der Waals surface area contributed by atoms with Gasteiger partial charge >= 0.3 is 6.09 Å². The van der Waals surface area contributed by atoms with Gasteiger partial charge in [-0.2, -0.15) is 0 Å². The Morgan fingerprint density at radius 2 is 1.60 bits per heavy atom. The molecule has 1 saturated carbocycles. The van der Waals surface area contributed by atoms with Gasteiger partial charge in [0.15, 0.2) is 0 Å². The zero-order valence-corrected chi connectivity index (χ0v) is 16.8. The molecule has 1 aliphatic carbocycles. The van der Waals surface area contributed by atoms with Crippen molar-refractivity contribution in [3.63, 3.8) is 0 Å². The first-order chi connectivity index (χ1) is 14.7. The average molecular weight is 413 g/mol. The number of rotatable bonds is 5. The maximum atomic E-state index is 11.4. The zero-order valence-electron chi connectivity index (χ0n) is 16.8. The predicted molar refractivity (Wildman–Crippen MR) is 107 cm³/mol. The lowest BCUT2D eigenvalue weighted by Crippen LogP contribution is -2.48. The van der Waals surface area contributed by atoms with Crippen LogP contribution in [0.3, 0.4) is 0 Å². The summed E-state index contributed by atoms with van der Waals surface area (Å²) in [4.78, 5) is 13.1. The Bertz CT molecular complexity index is 837. The number of piperidine rings is 1. The van der Waals surface area contributed by atoms with Crippen LogP contribution < -0.4 is 4.74 Å². The predicted octanol–water partition coefficient (Wildman–Crippen LogP) is 3.04.